The Morgan fingerprint density at radius 2 is 2.00 bits per heavy atom. The highest BCUT2D eigenvalue weighted by atomic mass is 16.1. The van der Waals surface area contributed by atoms with Gasteiger partial charge in [-0.1, -0.05) is 26.0 Å². The van der Waals surface area contributed by atoms with Crippen LogP contribution >= 0.6 is 0 Å². The molecule has 1 aromatic rings. The van der Waals surface area contributed by atoms with Gasteiger partial charge in [-0.3, -0.25) is 4.79 Å². The summed E-state index contributed by atoms with van der Waals surface area (Å²) in [6.45, 7) is 8.07. The second kappa shape index (κ2) is 6.57. The Morgan fingerprint density at radius 1 is 1.32 bits per heavy atom. The summed E-state index contributed by atoms with van der Waals surface area (Å²) in [7, 11) is 0. The molecule has 19 heavy (non-hydrogen) atoms. The number of nitrogens with zero attached hydrogens (tertiary/aromatic N) is 1. The second-order valence-corrected chi connectivity index (χ2v) is 5.40. The molecule has 2 N–H and O–H groups in total. The number of hydrogen-bond acceptors (Lipinski definition) is 3. The number of rotatable bonds is 4. The summed E-state index contributed by atoms with van der Waals surface area (Å²) in [4.78, 5) is 14.2. The number of para-hydroxylation sites is 2. The van der Waals surface area contributed by atoms with E-state index in [1.165, 1.54) is 0 Å². The lowest BCUT2D eigenvalue weighted by Gasteiger charge is -2.31. The summed E-state index contributed by atoms with van der Waals surface area (Å²) < 4.78 is 0. The van der Waals surface area contributed by atoms with Crippen LogP contribution in [-0.4, -0.2) is 32.1 Å². The smallest absolute Gasteiger partial charge is 0.224 e. The van der Waals surface area contributed by atoms with Crippen LogP contribution in [0.2, 0.25) is 0 Å². The van der Waals surface area contributed by atoms with Gasteiger partial charge in [0.2, 0.25) is 5.91 Å². The van der Waals surface area contributed by atoms with Crippen molar-refractivity contribution in [2.24, 2.45) is 5.92 Å². The lowest BCUT2D eigenvalue weighted by Crippen LogP contribution is -2.43. The Morgan fingerprint density at radius 3 is 2.68 bits per heavy atom. The minimum atomic E-state index is 0.0950. The van der Waals surface area contributed by atoms with Gasteiger partial charge in [-0.25, -0.2) is 0 Å². The molecule has 1 aliphatic heterocycles. The third-order valence-corrected chi connectivity index (χ3v) is 3.23. The highest BCUT2D eigenvalue weighted by Crippen LogP contribution is 2.26. The van der Waals surface area contributed by atoms with E-state index in [0.29, 0.717) is 12.3 Å². The number of carbonyl (C=O) groups is 1. The normalized spacial score (nSPS) is 15.6. The van der Waals surface area contributed by atoms with Crippen LogP contribution < -0.4 is 15.5 Å². The van der Waals surface area contributed by atoms with Gasteiger partial charge in [-0.15, -0.1) is 0 Å². The van der Waals surface area contributed by atoms with E-state index in [1.807, 2.05) is 18.2 Å². The molecule has 0 bridgehead atoms. The number of hydrogen-bond donors (Lipinski definition) is 2. The van der Waals surface area contributed by atoms with E-state index < -0.39 is 0 Å². The van der Waals surface area contributed by atoms with Crippen molar-refractivity contribution in [3.8, 4) is 0 Å². The Hall–Kier alpha value is -1.55. The largest absolute Gasteiger partial charge is 0.367 e. The van der Waals surface area contributed by atoms with Crippen molar-refractivity contribution in [1.29, 1.82) is 0 Å². The van der Waals surface area contributed by atoms with Gasteiger partial charge in [-0.05, 0) is 18.1 Å². The molecule has 2 rings (SSSR count). The Bertz CT molecular complexity index is 425. The van der Waals surface area contributed by atoms with Crippen molar-refractivity contribution >= 4 is 17.3 Å². The number of anilines is 2. The van der Waals surface area contributed by atoms with E-state index in [1.54, 1.807) is 0 Å². The van der Waals surface area contributed by atoms with Crippen LogP contribution in [-0.2, 0) is 4.79 Å². The maximum Gasteiger partial charge on any atom is 0.224 e. The fraction of sp³-hybridized carbons (Fsp3) is 0.533. The summed E-state index contributed by atoms with van der Waals surface area (Å²) >= 11 is 0. The maximum atomic E-state index is 11.9. The third kappa shape index (κ3) is 3.96. The standard InChI is InChI=1S/C15H23N3O/c1-12(2)11-15(19)17-13-5-3-4-6-14(13)18-9-7-16-8-10-18/h3-6,12,16H,7-11H2,1-2H3,(H,17,19). The zero-order valence-electron chi connectivity index (χ0n) is 11.8. The number of carbonyl (C=O) groups excluding carboxylic acids is 1. The number of nitrogens with one attached hydrogen (secondary N) is 2. The summed E-state index contributed by atoms with van der Waals surface area (Å²) in [5.41, 5.74) is 2.05. The molecule has 0 atom stereocenters. The third-order valence-electron chi connectivity index (χ3n) is 3.23. The first-order valence-corrected chi connectivity index (χ1v) is 7.01. The van der Waals surface area contributed by atoms with Crippen molar-refractivity contribution < 1.29 is 4.79 Å². The van der Waals surface area contributed by atoms with Crippen LogP contribution in [0.1, 0.15) is 20.3 Å². The van der Waals surface area contributed by atoms with Gasteiger partial charge < -0.3 is 15.5 Å². The van der Waals surface area contributed by atoms with Crippen LogP contribution in [0.3, 0.4) is 0 Å². The van der Waals surface area contributed by atoms with Crippen LogP contribution in [0.5, 0.6) is 0 Å². The molecule has 4 nitrogen and oxygen atoms in total. The lowest BCUT2D eigenvalue weighted by atomic mass is 10.1. The van der Waals surface area contributed by atoms with Crippen LogP contribution in [0.4, 0.5) is 11.4 Å². The fourth-order valence-corrected chi connectivity index (χ4v) is 2.33. The first kappa shape index (κ1) is 13.9. The fourth-order valence-electron chi connectivity index (χ4n) is 2.33. The van der Waals surface area contributed by atoms with Gasteiger partial charge >= 0.3 is 0 Å². The molecule has 1 aliphatic rings. The molecule has 1 saturated heterocycles. The van der Waals surface area contributed by atoms with Crippen LogP contribution in [0.15, 0.2) is 24.3 Å². The van der Waals surface area contributed by atoms with Gasteiger partial charge in [0.05, 0.1) is 11.4 Å². The first-order chi connectivity index (χ1) is 9.16. The molecule has 0 aromatic heterocycles. The minimum Gasteiger partial charge on any atom is -0.367 e. The van der Waals surface area contributed by atoms with Gasteiger partial charge in [0.25, 0.3) is 0 Å². The number of piperazine rings is 1. The molecule has 0 aliphatic carbocycles. The van der Waals surface area contributed by atoms with Crippen molar-refractivity contribution in [2.45, 2.75) is 20.3 Å². The van der Waals surface area contributed by atoms with Crippen LogP contribution in [0, 0.1) is 5.92 Å². The van der Waals surface area contributed by atoms with Crippen molar-refractivity contribution in [3.63, 3.8) is 0 Å². The predicted molar refractivity (Wildman–Crippen MR) is 79.6 cm³/mol. The molecule has 0 unspecified atom stereocenters. The van der Waals surface area contributed by atoms with Crippen molar-refractivity contribution in [3.05, 3.63) is 24.3 Å². The van der Waals surface area contributed by atoms with Gasteiger partial charge in [0.15, 0.2) is 0 Å². The SMILES string of the molecule is CC(C)CC(=O)Nc1ccccc1N1CCNCC1. The van der Waals surface area contributed by atoms with Gasteiger partial charge in [-0.2, -0.15) is 0 Å². The second-order valence-electron chi connectivity index (χ2n) is 5.40. The molecular weight excluding hydrogens is 238 g/mol. The average Bonchev–Trinajstić information content (AvgIpc) is 2.39. The monoisotopic (exact) mass is 261 g/mol. The highest BCUT2D eigenvalue weighted by Gasteiger charge is 2.15. The van der Waals surface area contributed by atoms with E-state index in [9.17, 15) is 4.79 Å². The summed E-state index contributed by atoms with van der Waals surface area (Å²) in [6, 6.07) is 8.05. The molecule has 1 aromatic carbocycles. The molecular formula is C15H23N3O. The van der Waals surface area contributed by atoms with E-state index in [2.05, 4.69) is 35.4 Å². The van der Waals surface area contributed by atoms with Crippen molar-refractivity contribution in [1.82, 2.24) is 5.32 Å². The zero-order valence-corrected chi connectivity index (χ0v) is 11.8. The average molecular weight is 261 g/mol. The maximum absolute atomic E-state index is 11.9. The zero-order chi connectivity index (χ0) is 13.7. The Kier molecular flexibility index (Phi) is 4.80. The molecule has 0 radical (unpaired) electrons. The first-order valence-electron chi connectivity index (χ1n) is 7.01. The van der Waals surface area contributed by atoms with Gasteiger partial charge in [0.1, 0.15) is 0 Å². The summed E-state index contributed by atoms with van der Waals surface area (Å²) in [5, 5.41) is 6.38. The molecule has 1 heterocycles. The predicted octanol–water partition coefficient (Wildman–Crippen LogP) is 2.08. The van der Waals surface area contributed by atoms with Crippen LogP contribution in [0.25, 0.3) is 0 Å². The lowest BCUT2D eigenvalue weighted by molar-refractivity contribution is -0.116. The number of amides is 1. The number of benzene rings is 1. The minimum absolute atomic E-state index is 0.0950. The van der Waals surface area contributed by atoms with E-state index in [0.717, 1.165) is 37.6 Å². The molecule has 1 fully saturated rings. The van der Waals surface area contributed by atoms with E-state index >= 15 is 0 Å². The topological polar surface area (TPSA) is 44.4 Å². The summed E-state index contributed by atoms with van der Waals surface area (Å²) in [5.74, 6) is 0.476. The molecule has 104 valence electrons. The van der Waals surface area contributed by atoms with E-state index in [4.69, 9.17) is 0 Å². The molecule has 0 spiro atoms. The van der Waals surface area contributed by atoms with Crippen molar-refractivity contribution in [2.75, 3.05) is 36.4 Å². The quantitative estimate of drug-likeness (QED) is 0.872. The highest BCUT2D eigenvalue weighted by molar-refractivity contribution is 5.94. The van der Waals surface area contributed by atoms with Gasteiger partial charge in [0, 0.05) is 32.6 Å². The van der Waals surface area contributed by atoms with E-state index in [-0.39, 0.29) is 5.91 Å². The summed E-state index contributed by atoms with van der Waals surface area (Å²) in [6.07, 6.45) is 0.565. The molecule has 1 amide bonds. The molecule has 0 saturated carbocycles. The molecule has 4 heteroatoms. The Balaban J connectivity index is 2.09. The Labute approximate surface area is 115 Å².